The number of aliphatic hydroxyl groups is 1. The van der Waals surface area contributed by atoms with Gasteiger partial charge in [0.25, 0.3) is 5.91 Å². The summed E-state index contributed by atoms with van der Waals surface area (Å²) < 4.78 is 44.9. The normalized spacial score (nSPS) is 21.6. The summed E-state index contributed by atoms with van der Waals surface area (Å²) in [6, 6.07) is 4.58. The molecule has 5 rings (SSSR count). The lowest BCUT2D eigenvalue weighted by molar-refractivity contribution is -0.0392. The third-order valence-electron chi connectivity index (χ3n) is 7.77. The SMILES string of the molecule is CC1CN(c2ccncc2NC(=O)c2ccc(F)c(-c3c(F)cc(C4(O)CCC4)cc3F)n2)CC(N)C1NC(=O)O. The standard InChI is InChI=1S/C28H29F3N6O4/c1-14-12-37(13-19(32)24(14)36-27(39)40)22-5-8-33-11-21(22)35-26(38)20-4-3-16(29)25(34-20)23-17(30)9-15(10-18(23)31)28(41)6-2-7-28/h3-5,8-11,14,19,24,36,41H,2,6-7,12-13,32H2,1H3,(H,35,38)(H,39,40). The van der Waals surface area contributed by atoms with E-state index in [2.05, 4.69) is 20.6 Å². The van der Waals surface area contributed by atoms with Gasteiger partial charge < -0.3 is 31.5 Å². The number of hydrogen-bond donors (Lipinski definition) is 5. The lowest BCUT2D eigenvalue weighted by Gasteiger charge is -2.42. The van der Waals surface area contributed by atoms with Crippen molar-refractivity contribution < 1.29 is 33.0 Å². The first-order valence-electron chi connectivity index (χ1n) is 13.1. The van der Waals surface area contributed by atoms with Crippen LogP contribution in [-0.4, -0.2) is 57.4 Å². The second-order valence-corrected chi connectivity index (χ2v) is 10.6. The monoisotopic (exact) mass is 570 g/mol. The smallest absolute Gasteiger partial charge is 0.404 e. The Balaban J connectivity index is 1.39. The molecule has 1 aromatic carbocycles. The summed E-state index contributed by atoms with van der Waals surface area (Å²) in [5, 5.41) is 24.7. The molecule has 3 atom stereocenters. The Morgan fingerprint density at radius 3 is 2.41 bits per heavy atom. The van der Waals surface area contributed by atoms with E-state index in [-0.39, 0.29) is 29.4 Å². The number of benzene rings is 1. The number of carboxylic acid groups (broad SMARTS) is 1. The Morgan fingerprint density at radius 1 is 1.10 bits per heavy atom. The Morgan fingerprint density at radius 2 is 1.80 bits per heavy atom. The summed E-state index contributed by atoms with van der Waals surface area (Å²) >= 11 is 0. The highest BCUT2D eigenvalue weighted by Gasteiger charge is 2.38. The van der Waals surface area contributed by atoms with E-state index >= 15 is 8.78 Å². The molecule has 6 N–H and O–H groups in total. The summed E-state index contributed by atoms with van der Waals surface area (Å²) in [6.45, 7) is 2.56. The summed E-state index contributed by atoms with van der Waals surface area (Å²) in [4.78, 5) is 34.2. The van der Waals surface area contributed by atoms with E-state index in [0.717, 1.165) is 30.7 Å². The minimum absolute atomic E-state index is 0.0673. The number of nitrogens with one attached hydrogen (secondary N) is 2. The fourth-order valence-electron chi connectivity index (χ4n) is 5.47. The van der Waals surface area contributed by atoms with Crippen molar-refractivity contribution in [2.45, 2.75) is 43.9 Å². The first-order chi connectivity index (χ1) is 19.5. The molecule has 3 aromatic rings. The maximum Gasteiger partial charge on any atom is 0.404 e. The van der Waals surface area contributed by atoms with Gasteiger partial charge >= 0.3 is 6.09 Å². The molecule has 2 aliphatic rings. The highest BCUT2D eigenvalue weighted by molar-refractivity contribution is 6.04. The van der Waals surface area contributed by atoms with Gasteiger partial charge in [0.1, 0.15) is 28.8 Å². The number of amides is 2. The Kier molecular flexibility index (Phi) is 7.58. The van der Waals surface area contributed by atoms with E-state index in [1.807, 2.05) is 11.8 Å². The Hall–Kier alpha value is -4.23. The van der Waals surface area contributed by atoms with Crippen LogP contribution in [0.4, 0.5) is 29.3 Å². The van der Waals surface area contributed by atoms with Crippen LogP contribution in [0.5, 0.6) is 0 Å². The molecule has 1 aliphatic heterocycles. The average molecular weight is 571 g/mol. The van der Waals surface area contributed by atoms with E-state index in [9.17, 15) is 19.1 Å². The van der Waals surface area contributed by atoms with Gasteiger partial charge in [-0.3, -0.25) is 9.78 Å². The summed E-state index contributed by atoms with van der Waals surface area (Å²) in [6.07, 6.45) is 3.21. The molecule has 1 saturated heterocycles. The maximum atomic E-state index is 15.0. The second-order valence-electron chi connectivity index (χ2n) is 10.6. The molecule has 1 saturated carbocycles. The number of nitrogens with zero attached hydrogens (tertiary/aromatic N) is 3. The molecule has 1 aliphatic carbocycles. The molecule has 3 heterocycles. The quantitative estimate of drug-likeness (QED) is 0.301. The van der Waals surface area contributed by atoms with Crippen molar-refractivity contribution in [3.63, 3.8) is 0 Å². The number of pyridine rings is 2. The van der Waals surface area contributed by atoms with Crippen molar-refractivity contribution in [2.75, 3.05) is 23.3 Å². The van der Waals surface area contributed by atoms with Crippen molar-refractivity contribution in [3.8, 4) is 11.3 Å². The predicted molar refractivity (Wildman–Crippen MR) is 144 cm³/mol. The third-order valence-corrected chi connectivity index (χ3v) is 7.77. The van der Waals surface area contributed by atoms with Crippen molar-refractivity contribution in [1.29, 1.82) is 0 Å². The van der Waals surface area contributed by atoms with Crippen molar-refractivity contribution in [1.82, 2.24) is 15.3 Å². The summed E-state index contributed by atoms with van der Waals surface area (Å²) in [5.41, 5.74) is 4.12. The van der Waals surface area contributed by atoms with E-state index in [4.69, 9.17) is 10.8 Å². The molecule has 3 unspecified atom stereocenters. The van der Waals surface area contributed by atoms with Gasteiger partial charge in [-0.2, -0.15) is 0 Å². The predicted octanol–water partition coefficient (Wildman–Crippen LogP) is 3.60. The number of nitrogens with two attached hydrogens (primary N) is 1. The third kappa shape index (κ3) is 5.55. The summed E-state index contributed by atoms with van der Waals surface area (Å²) in [7, 11) is 0. The fraction of sp³-hybridized carbons (Fsp3) is 0.357. The molecule has 0 bridgehead atoms. The van der Waals surface area contributed by atoms with Crippen molar-refractivity contribution >= 4 is 23.4 Å². The molecule has 10 nitrogen and oxygen atoms in total. The molecular formula is C28H29F3N6O4. The maximum absolute atomic E-state index is 15.0. The highest BCUT2D eigenvalue weighted by atomic mass is 19.1. The Labute approximate surface area is 233 Å². The molecule has 0 radical (unpaired) electrons. The van der Waals surface area contributed by atoms with Crippen molar-refractivity contribution in [3.05, 3.63) is 71.4 Å². The van der Waals surface area contributed by atoms with Crippen molar-refractivity contribution in [2.24, 2.45) is 11.7 Å². The molecule has 41 heavy (non-hydrogen) atoms. The molecule has 2 amide bonds. The first-order valence-corrected chi connectivity index (χ1v) is 13.1. The molecule has 0 spiro atoms. The van der Waals surface area contributed by atoms with Crippen LogP contribution in [0, 0.1) is 23.4 Å². The van der Waals surface area contributed by atoms with Gasteiger partial charge in [0.2, 0.25) is 0 Å². The van der Waals surface area contributed by atoms with Crippen LogP contribution < -0.4 is 21.3 Å². The zero-order valence-electron chi connectivity index (χ0n) is 22.1. The molecule has 2 fully saturated rings. The fourth-order valence-corrected chi connectivity index (χ4v) is 5.47. The highest BCUT2D eigenvalue weighted by Crippen LogP contribution is 2.43. The number of hydrogen-bond acceptors (Lipinski definition) is 7. The number of aromatic nitrogens is 2. The van der Waals surface area contributed by atoms with Gasteiger partial charge in [0, 0.05) is 25.3 Å². The van der Waals surface area contributed by atoms with Gasteiger partial charge in [-0.25, -0.2) is 22.9 Å². The number of piperidine rings is 1. The van der Waals surface area contributed by atoms with Gasteiger partial charge in [-0.05, 0) is 61.1 Å². The topological polar surface area (TPSA) is 154 Å². The number of carbonyl (C=O) groups is 2. The molecule has 2 aromatic heterocycles. The van der Waals surface area contributed by atoms with Crippen LogP contribution in [0.15, 0.2) is 42.7 Å². The van der Waals surface area contributed by atoms with Crippen LogP contribution in [0.25, 0.3) is 11.3 Å². The number of anilines is 2. The van der Waals surface area contributed by atoms with Gasteiger partial charge in [-0.15, -0.1) is 0 Å². The first kappa shape index (κ1) is 28.3. The van der Waals surface area contributed by atoms with E-state index < -0.39 is 58.4 Å². The lowest BCUT2D eigenvalue weighted by Crippen LogP contribution is -2.61. The second kappa shape index (κ2) is 11.0. The van der Waals surface area contributed by atoms with Crippen LogP contribution in [-0.2, 0) is 5.60 Å². The lowest BCUT2D eigenvalue weighted by atomic mass is 9.75. The minimum Gasteiger partial charge on any atom is -0.465 e. The van der Waals surface area contributed by atoms with Gasteiger partial charge in [-0.1, -0.05) is 6.92 Å². The molecule has 216 valence electrons. The van der Waals surface area contributed by atoms with E-state index in [1.54, 1.807) is 6.07 Å². The minimum atomic E-state index is -1.32. The van der Waals surface area contributed by atoms with E-state index in [1.165, 1.54) is 12.4 Å². The zero-order valence-corrected chi connectivity index (χ0v) is 22.1. The Bertz CT molecular complexity index is 1470. The largest absolute Gasteiger partial charge is 0.465 e. The van der Waals surface area contributed by atoms with E-state index in [0.29, 0.717) is 25.1 Å². The average Bonchev–Trinajstić information content (AvgIpc) is 2.90. The molecule has 13 heteroatoms. The van der Waals surface area contributed by atoms with Crippen LogP contribution >= 0.6 is 0 Å². The summed E-state index contributed by atoms with van der Waals surface area (Å²) in [5.74, 6) is -4.18. The van der Waals surface area contributed by atoms with Crippen LogP contribution in [0.1, 0.15) is 42.2 Å². The number of carbonyl (C=O) groups excluding carboxylic acids is 1. The number of rotatable bonds is 6. The van der Waals surface area contributed by atoms with Gasteiger partial charge in [0.15, 0.2) is 0 Å². The van der Waals surface area contributed by atoms with Gasteiger partial charge in [0.05, 0.1) is 34.8 Å². The zero-order chi connectivity index (χ0) is 29.5. The van der Waals surface area contributed by atoms with Crippen LogP contribution in [0.3, 0.4) is 0 Å². The van der Waals surface area contributed by atoms with Crippen LogP contribution in [0.2, 0.25) is 0 Å². The molecular weight excluding hydrogens is 541 g/mol. The number of halogens is 3.